The molecule has 1 aliphatic heterocycles. The molecule has 0 bridgehead atoms. The number of carbonyl (C=O) groups excluding carboxylic acids is 2. The smallest absolute Gasteiger partial charge is 0.410 e. The number of carbonyl (C=O) groups is 2. The van der Waals surface area contributed by atoms with Gasteiger partial charge in [0.25, 0.3) is 0 Å². The summed E-state index contributed by atoms with van der Waals surface area (Å²) in [6.45, 7) is 6.94. The van der Waals surface area contributed by atoms with E-state index in [1.165, 1.54) is 7.11 Å². The molecule has 1 saturated heterocycles. The molecule has 1 aliphatic rings. The van der Waals surface area contributed by atoms with Crippen LogP contribution < -0.4 is 5.30 Å². The first-order valence-electron chi connectivity index (χ1n) is 8.17. The molecule has 0 spiro atoms. The molecule has 1 atom stereocenters. The van der Waals surface area contributed by atoms with Crippen LogP contribution in [-0.2, 0) is 9.47 Å². The summed E-state index contributed by atoms with van der Waals surface area (Å²) in [6, 6.07) is 5.87. The maximum absolute atomic E-state index is 12.1. The molecule has 0 radical (unpaired) electrons. The zero-order valence-electron chi connectivity index (χ0n) is 14.8. The van der Waals surface area contributed by atoms with Crippen molar-refractivity contribution in [1.29, 1.82) is 0 Å². The monoisotopic (exact) mass is 351 g/mol. The van der Waals surface area contributed by atoms with E-state index >= 15 is 0 Å². The molecule has 0 aliphatic carbocycles. The molecule has 1 unspecified atom stereocenters. The van der Waals surface area contributed by atoms with Crippen LogP contribution in [0.4, 0.5) is 4.79 Å². The van der Waals surface area contributed by atoms with Crippen LogP contribution in [0.3, 0.4) is 0 Å². The average molecular weight is 351 g/mol. The summed E-state index contributed by atoms with van der Waals surface area (Å²) in [5.41, 5.74) is 1.22. The highest BCUT2D eigenvalue weighted by Crippen LogP contribution is 2.29. The minimum absolute atomic E-state index is 0.253. The molecule has 1 aromatic carbocycles. The van der Waals surface area contributed by atoms with Gasteiger partial charge in [-0.3, -0.25) is 0 Å². The summed E-state index contributed by atoms with van der Waals surface area (Å²) >= 11 is 0. The van der Waals surface area contributed by atoms with E-state index in [0.717, 1.165) is 23.7 Å². The molecule has 0 aromatic heterocycles. The van der Waals surface area contributed by atoms with Gasteiger partial charge in [-0.2, -0.15) is 0 Å². The summed E-state index contributed by atoms with van der Waals surface area (Å²) in [5.74, 6) is 0.00531. The molecule has 0 saturated carbocycles. The van der Waals surface area contributed by atoms with E-state index in [1.807, 2.05) is 39.0 Å². The second kappa shape index (κ2) is 7.52. The lowest BCUT2D eigenvalue weighted by molar-refractivity contribution is 0.0205. The molecule has 1 amide bonds. The molecule has 24 heavy (non-hydrogen) atoms. The highest BCUT2D eigenvalue weighted by molar-refractivity contribution is 7.27. The Hall–Kier alpha value is -1.61. The largest absolute Gasteiger partial charge is 0.465 e. The lowest BCUT2D eigenvalue weighted by Crippen LogP contribution is -2.41. The molecule has 5 nitrogen and oxygen atoms in total. The number of piperidine rings is 1. The predicted octanol–water partition coefficient (Wildman–Crippen LogP) is 3.09. The zero-order valence-corrected chi connectivity index (χ0v) is 16.0. The highest BCUT2D eigenvalue weighted by Gasteiger charge is 2.28. The van der Waals surface area contributed by atoms with Gasteiger partial charge in [-0.25, -0.2) is 9.59 Å². The predicted molar refractivity (Wildman–Crippen MR) is 96.9 cm³/mol. The van der Waals surface area contributed by atoms with Crippen LogP contribution in [0, 0.1) is 0 Å². The Labute approximate surface area is 145 Å². The van der Waals surface area contributed by atoms with Crippen molar-refractivity contribution in [3.05, 3.63) is 29.3 Å². The second-order valence-electron chi connectivity index (χ2n) is 7.08. The van der Waals surface area contributed by atoms with Crippen molar-refractivity contribution in [2.45, 2.75) is 45.1 Å². The van der Waals surface area contributed by atoms with Gasteiger partial charge in [0.1, 0.15) is 5.60 Å². The molecule has 1 heterocycles. The fourth-order valence-corrected chi connectivity index (χ4v) is 3.13. The van der Waals surface area contributed by atoms with Gasteiger partial charge < -0.3 is 14.4 Å². The van der Waals surface area contributed by atoms with Crippen molar-refractivity contribution in [3.8, 4) is 0 Å². The quantitative estimate of drug-likeness (QED) is 0.607. The van der Waals surface area contributed by atoms with Crippen molar-refractivity contribution in [2.24, 2.45) is 0 Å². The summed E-state index contributed by atoms with van der Waals surface area (Å²) in [7, 11) is 3.95. The fourth-order valence-electron chi connectivity index (χ4n) is 2.84. The van der Waals surface area contributed by atoms with E-state index in [2.05, 4.69) is 9.24 Å². The van der Waals surface area contributed by atoms with Gasteiger partial charge in [-0.05, 0) is 56.5 Å². The Kier molecular flexibility index (Phi) is 5.87. The molecular formula is C18H26NO4P. The van der Waals surface area contributed by atoms with Gasteiger partial charge in [-0.1, -0.05) is 12.1 Å². The first-order chi connectivity index (χ1) is 11.2. The van der Waals surface area contributed by atoms with Crippen molar-refractivity contribution >= 4 is 26.6 Å². The number of likely N-dealkylation sites (tertiary alicyclic amines) is 1. The van der Waals surface area contributed by atoms with Crippen LogP contribution >= 0.6 is 9.24 Å². The molecule has 1 aromatic rings. The number of benzene rings is 1. The number of amides is 1. The topological polar surface area (TPSA) is 55.8 Å². The third-order valence-electron chi connectivity index (χ3n) is 4.10. The van der Waals surface area contributed by atoms with Gasteiger partial charge in [0.05, 0.1) is 12.7 Å². The molecule has 0 N–H and O–H groups in total. The van der Waals surface area contributed by atoms with E-state index in [1.54, 1.807) is 4.90 Å². The Balaban J connectivity index is 2.02. The number of ether oxygens (including phenoxy) is 2. The van der Waals surface area contributed by atoms with Gasteiger partial charge >= 0.3 is 12.1 Å². The molecule has 6 heteroatoms. The fraction of sp³-hybridized carbons (Fsp3) is 0.556. The minimum Gasteiger partial charge on any atom is -0.465 e. The van der Waals surface area contributed by atoms with E-state index in [4.69, 9.17) is 9.47 Å². The maximum Gasteiger partial charge on any atom is 0.410 e. The third-order valence-corrected chi connectivity index (χ3v) is 4.60. The molecule has 1 fully saturated rings. The number of methoxy groups -OCH3 is 1. The third kappa shape index (κ3) is 4.70. The van der Waals surface area contributed by atoms with Crippen LogP contribution in [0.15, 0.2) is 18.2 Å². The normalized spacial score (nSPS) is 16.0. The van der Waals surface area contributed by atoms with Gasteiger partial charge in [-0.15, -0.1) is 9.24 Å². The van der Waals surface area contributed by atoms with Crippen LogP contribution in [0.5, 0.6) is 0 Å². The van der Waals surface area contributed by atoms with E-state index in [9.17, 15) is 9.59 Å². The lowest BCUT2D eigenvalue weighted by atomic mass is 9.88. The summed E-state index contributed by atoms with van der Waals surface area (Å²) in [5, 5.41) is 0.830. The summed E-state index contributed by atoms with van der Waals surface area (Å²) < 4.78 is 10.3. The van der Waals surface area contributed by atoms with Crippen molar-refractivity contribution in [1.82, 2.24) is 4.90 Å². The first kappa shape index (κ1) is 18.7. The Morgan fingerprint density at radius 2 is 1.83 bits per heavy atom. The molecule has 2 rings (SSSR count). The second-order valence-corrected chi connectivity index (χ2v) is 7.70. The first-order valence-corrected chi connectivity index (χ1v) is 8.74. The standard InChI is InChI=1S/C18H26NO4P/c1-18(2,3)23-17(21)19-9-7-12(8-10-19)13-5-6-15(24)14(11-13)16(20)22-4/h5-6,11-12H,7-10,24H2,1-4H3. The van der Waals surface area contributed by atoms with Gasteiger partial charge in [0.2, 0.25) is 0 Å². The van der Waals surface area contributed by atoms with Crippen LogP contribution in [0.2, 0.25) is 0 Å². The van der Waals surface area contributed by atoms with Crippen molar-refractivity contribution in [2.75, 3.05) is 20.2 Å². The van der Waals surface area contributed by atoms with E-state index in [-0.39, 0.29) is 12.1 Å². The number of nitrogens with zero attached hydrogens (tertiary/aromatic N) is 1. The number of esters is 1. The van der Waals surface area contributed by atoms with Gasteiger partial charge in [0, 0.05) is 13.1 Å². The van der Waals surface area contributed by atoms with Crippen LogP contribution in [0.1, 0.15) is 55.5 Å². The highest BCUT2D eigenvalue weighted by atomic mass is 31.0. The Morgan fingerprint density at radius 1 is 1.21 bits per heavy atom. The lowest BCUT2D eigenvalue weighted by Gasteiger charge is -2.33. The zero-order chi connectivity index (χ0) is 17.9. The maximum atomic E-state index is 12.1. The van der Waals surface area contributed by atoms with E-state index < -0.39 is 5.60 Å². The Morgan fingerprint density at radius 3 is 2.38 bits per heavy atom. The van der Waals surface area contributed by atoms with Crippen molar-refractivity contribution in [3.63, 3.8) is 0 Å². The summed E-state index contributed by atoms with van der Waals surface area (Å²) in [6.07, 6.45) is 1.46. The van der Waals surface area contributed by atoms with E-state index in [0.29, 0.717) is 24.6 Å². The SMILES string of the molecule is COC(=O)c1cc(C2CCN(C(=O)OC(C)(C)C)CC2)ccc1P. The van der Waals surface area contributed by atoms with Crippen LogP contribution in [0.25, 0.3) is 0 Å². The van der Waals surface area contributed by atoms with Crippen molar-refractivity contribution < 1.29 is 19.1 Å². The number of rotatable bonds is 2. The van der Waals surface area contributed by atoms with Gasteiger partial charge in [0.15, 0.2) is 0 Å². The Bertz CT molecular complexity index is 616. The average Bonchev–Trinajstić information content (AvgIpc) is 2.53. The minimum atomic E-state index is -0.474. The van der Waals surface area contributed by atoms with Crippen LogP contribution in [-0.4, -0.2) is 42.8 Å². The number of hydrogen-bond acceptors (Lipinski definition) is 4. The number of hydrogen-bond donors (Lipinski definition) is 0. The summed E-state index contributed by atoms with van der Waals surface area (Å²) in [4.78, 5) is 25.7. The molecule has 132 valence electrons. The molecular weight excluding hydrogens is 325 g/mol.